The highest BCUT2D eigenvalue weighted by molar-refractivity contribution is 7.20. The lowest BCUT2D eigenvalue weighted by Crippen LogP contribution is -1.98. The molecule has 0 amide bonds. The first-order valence-corrected chi connectivity index (χ1v) is 11.9. The third-order valence-electron chi connectivity index (χ3n) is 6.31. The molecule has 2 aliphatic rings. The molecule has 2 aromatic heterocycles. The fourth-order valence-electron chi connectivity index (χ4n) is 4.86. The average Bonchev–Trinajstić information content (AvgIpc) is 3.46. The van der Waals surface area contributed by atoms with E-state index in [1.54, 1.807) is 0 Å². The normalized spacial score (nSPS) is 13.8. The molecule has 0 bridgehead atoms. The van der Waals surface area contributed by atoms with Crippen LogP contribution in [-0.2, 0) is 19.3 Å². The molecule has 0 saturated heterocycles. The van der Waals surface area contributed by atoms with E-state index in [2.05, 4.69) is 60.0 Å². The Morgan fingerprint density at radius 3 is 2.59 bits per heavy atom. The van der Waals surface area contributed by atoms with Crippen LogP contribution in [0.2, 0.25) is 0 Å². The van der Waals surface area contributed by atoms with Crippen LogP contribution in [0, 0.1) is 0 Å². The van der Waals surface area contributed by atoms with Crippen molar-refractivity contribution >= 4 is 42.8 Å². The van der Waals surface area contributed by atoms with E-state index in [1.165, 1.54) is 58.4 Å². The molecule has 0 N–H and O–H groups in total. The molecule has 0 unspecified atom stereocenters. The number of benzene rings is 3. The molecule has 1 nitrogen and oxygen atoms in total. The number of rotatable bonds is 3. The Morgan fingerprint density at radius 2 is 1.66 bits per heavy atom. The van der Waals surface area contributed by atoms with Gasteiger partial charge in [-0.2, -0.15) is 0 Å². The van der Waals surface area contributed by atoms with Crippen LogP contribution < -0.4 is 4.74 Å². The van der Waals surface area contributed by atoms with Crippen molar-refractivity contribution in [3.63, 3.8) is 0 Å². The molecule has 0 fully saturated rings. The third-order valence-corrected chi connectivity index (χ3v) is 8.49. The van der Waals surface area contributed by atoms with Gasteiger partial charge < -0.3 is 4.74 Å². The predicted octanol–water partition coefficient (Wildman–Crippen LogP) is 7.48. The smallest absolute Gasteiger partial charge is 0.122 e. The van der Waals surface area contributed by atoms with Crippen molar-refractivity contribution < 1.29 is 4.74 Å². The summed E-state index contributed by atoms with van der Waals surface area (Å²) in [6.07, 6.45) is 3.24. The van der Waals surface area contributed by atoms with Crippen LogP contribution in [0.1, 0.15) is 16.0 Å². The van der Waals surface area contributed by atoms with Gasteiger partial charge in [0.1, 0.15) is 5.75 Å². The van der Waals surface area contributed by atoms with Gasteiger partial charge in [0.2, 0.25) is 0 Å². The second-order valence-electron chi connectivity index (χ2n) is 7.99. The first kappa shape index (κ1) is 16.2. The van der Waals surface area contributed by atoms with Crippen molar-refractivity contribution in [1.82, 2.24) is 0 Å². The summed E-state index contributed by atoms with van der Waals surface area (Å²) in [5.41, 5.74) is 8.60. The average molecular weight is 411 g/mol. The lowest BCUT2D eigenvalue weighted by atomic mass is 9.79. The van der Waals surface area contributed by atoms with Gasteiger partial charge in [-0.1, -0.05) is 36.4 Å². The Balaban J connectivity index is 1.23. The molecule has 0 spiro atoms. The Bertz CT molecular complexity index is 1440. The number of aryl methyl sites for hydroxylation is 2. The van der Waals surface area contributed by atoms with Crippen molar-refractivity contribution in [2.75, 3.05) is 6.61 Å². The zero-order valence-corrected chi connectivity index (χ0v) is 17.5. The summed E-state index contributed by atoms with van der Waals surface area (Å²) in [7, 11) is 0. The zero-order chi connectivity index (χ0) is 18.9. The molecule has 0 atom stereocenters. The Hall–Kier alpha value is -2.62. The van der Waals surface area contributed by atoms with Crippen LogP contribution in [0.3, 0.4) is 0 Å². The van der Waals surface area contributed by atoms with Crippen molar-refractivity contribution in [3.05, 3.63) is 76.0 Å². The molecule has 5 aromatic rings. The highest BCUT2D eigenvalue weighted by Crippen LogP contribution is 2.55. The van der Waals surface area contributed by atoms with Crippen molar-refractivity contribution in [2.24, 2.45) is 0 Å². The molecule has 0 saturated carbocycles. The number of ether oxygens (including phenoxy) is 1. The fraction of sp³-hybridized carbons (Fsp3) is 0.154. The van der Waals surface area contributed by atoms with Crippen LogP contribution >= 0.6 is 22.7 Å². The third kappa shape index (κ3) is 2.32. The predicted molar refractivity (Wildman–Crippen MR) is 125 cm³/mol. The van der Waals surface area contributed by atoms with E-state index < -0.39 is 0 Å². The lowest BCUT2D eigenvalue weighted by molar-refractivity contribution is 0.357. The van der Waals surface area contributed by atoms with Crippen molar-refractivity contribution in [3.8, 4) is 28.0 Å². The largest absolute Gasteiger partial charge is 0.493 e. The van der Waals surface area contributed by atoms with E-state index in [0.29, 0.717) is 0 Å². The molecule has 140 valence electrons. The molecule has 29 heavy (non-hydrogen) atoms. The molecule has 3 heteroatoms. The summed E-state index contributed by atoms with van der Waals surface area (Å²) < 4.78 is 8.54. The second-order valence-corrected chi connectivity index (χ2v) is 10.0. The topological polar surface area (TPSA) is 9.23 Å². The number of hydrogen-bond donors (Lipinski definition) is 0. The molecule has 3 heterocycles. The van der Waals surface area contributed by atoms with Gasteiger partial charge in [0, 0.05) is 31.8 Å². The second kappa shape index (κ2) is 5.94. The Kier molecular flexibility index (Phi) is 3.32. The maximum atomic E-state index is 5.64. The van der Waals surface area contributed by atoms with E-state index in [-0.39, 0.29) is 0 Å². The molecule has 0 radical (unpaired) electrons. The summed E-state index contributed by atoms with van der Waals surface area (Å²) in [5.74, 6) is 1.08. The summed E-state index contributed by atoms with van der Waals surface area (Å²) >= 11 is 3.85. The van der Waals surface area contributed by atoms with Gasteiger partial charge in [-0.3, -0.25) is 0 Å². The van der Waals surface area contributed by atoms with Gasteiger partial charge >= 0.3 is 0 Å². The minimum absolute atomic E-state index is 0.833. The fourth-order valence-corrected chi connectivity index (χ4v) is 7.04. The van der Waals surface area contributed by atoms with Gasteiger partial charge in [0.05, 0.1) is 6.61 Å². The van der Waals surface area contributed by atoms with Crippen LogP contribution in [0.15, 0.2) is 60.0 Å². The molecule has 1 aliphatic carbocycles. The molecule has 1 aliphatic heterocycles. The van der Waals surface area contributed by atoms with Gasteiger partial charge in [0.15, 0.2) is 0 Å². The van der Waals surface area contributed by atoms with Crippen LogP contribution in [-0.4, -0.2) is 6.61 Å². The first-order chi connectivity index (χ1) is 14.3. The van der Waals surface area contributed by atoms with Gasteiger partial charge in [0.25, 0.3) is 0 Å². The number of thiophene rings is 2. The van der Waals surface area contributed by atoms with E-state index >= 15 is 0 Å². The van der Waals surface area contributed by atoms with Crippen molar-refractivity contribution in [2.45, 2.75) is 19.3 Å². The van der Waals surface area contributed by atoms with E-state index in [4.69, 9.17) is 4.74 Å². The maximum Gasteiger partial charge on any atom is 0.122 e. The van der Waals surface area contributed by atoms with Gasteiger partial charge in [-0.05, 0) is 69.4 Å². The monoisotopic (exact) mass is 410 g/mol. The molecular weight excluding hydrogens is 392 g/mol. The molecule has 3 aromatic carbocycles. The summed E-state index contributed by atoms with van der Waals surface area (Å²) in [6.45, 7) is 0.833. The van der Waals surface area contributed by atoms with Gasteiger partial charge in [-0.25, -0.2) is 0 Å². The minimum Gasteiger partial charge on any atom is -0.493 e. The van der Waals surface area contributed by atoms with Crippen LogP contribution in [0.25, 0.3) is 42.4 Å². The zero-order valence-electron chi connectivity index (χ0n) is 15.8. The summed E-state index contributed by atoms with van der Waals surface area (Å²) in [4.78, 5) is 1.48. The van der Waals surface area contributed by atoms with E-state index in [1.807, 2.05) is 22.7 Å². The molecule has 7 rings (SSSR count). The highest BCUT2D eigenvalue weighted by Gasteiger charge is 2.28. The van der Waals surface area contributed by atoms with Gasteiger partial charge in [-0.15, -0.1) is 22.7 Å². The van der Waals surface area contributed by atoms with Crippen molar-refractivity contribution in [1.29, 1.82) is 0 Å². The lowest BCUT2D eigenvalue weighted by Gasteiger charge is -2.25. The maximum absolute atomic E-state index is 5.64. The number of hydrogen-bond acceptors (Lipinski definition) is 3. The number of fused-ring (bicyclic) bond motifs is 9. The Labute approximate surface area is 177 Å². The quantitative estimate of drug-likeness (QED) is 0.294. The molecular formula is C26H18OS2. The summed E-state index contributed by atoms with van der Waals surface area (Å²) in [6, 6.07) is 20.6. The highest BCUT2D eigenvalue weighted by atomic mass is 32.1. The minimum atomic E-state index is 0.833. The Morgan fingerprint density at radius 1 is 0.793 bits per heavy atom. The van der Waals surface area contributed by atoms with E-state index in [9.17, 15) is 0 Å². The summed E-state index contributed by atoms with van der Waals surface area (Å²) in [5, 5.41) is 4.96. The SMILES string of the molecule is c1cc2ccc3c(c2s1)-c1ccc2cc(CCc4ccc5c(c4)CCO5)sc2c1-3. The van der Waals surface area contributed by atoms with Crippen LogP contribution in [0.4, 0.5) is 0 Å². The van der Waals surface area contributed by atoms with Crippen LogP contribution in [0.5, 0.6) is 5.75 Å². The van der Waals surface area contributed by atoms with E-state index in [0.717, 1.165) is 31.6 Å². The first-order valence-electron chi connectivity index (χ1n) is 10.2. The standard InChI is InChI=1S/C26H18OS2/c1(15-2-8-22-17(13-15)9-11-27-22)5-19-14-18-4-7-21-23-20(24(21)26(18)29-19)6-3-16-10-12-28-25(16)23/h2-4,6-8,10,12-14H,1,5,9,11H2.